The third kappa shape index (κ3) is 3.29. The molecule has 0 amide bonds. The van der Waals surface area contributed by atoms with E-state index in [4.69, 9.17) is 10.00 Å². The van der Waals surface area contributed by atoms with Crippen LogP contribution in [-0.4, -0.2) is 0 Å². The molecule has 0 aliphatic carbocycles. The molecule has 0 saturated carbocycles. The van der Waals surface area contributed by atoms with Gasteiger partial charge in [0.15, 0.2) is 0 Å². The van der Waals surface area contributed by atoms with Gasteiger partial charge in [0.1, 0.15) is 12.4 Å². The van der Waals surface area contributed by atoms with Gasteiger partial charge in [-0.1, -0.05) is 30.3 Å². The molecular formula is C15H10F3NO. The summed E-state index contributed by atoms with van der Waals surface area (Å²) in [6, 6.07) is 13.7. The first kappa shape index (κ1) is 13.9. The maximum Gasteiger partial charge on any atom is 0.419 e. The first-order valence-corrected chi connectivity index (χ1v) is 5.79. The van der Waals surface area contributed by atoms with E-state index in [0.717, 1.165) is 23.8 Å². The Morgan fingerprint density at radius 3 is 2.35 bits per heavy atom. The summed E-state index contributed by atoms with van der Waals surface area (Å²) >= 11 is 0. The van der Waals surface area contributed by atoms with Gasteiger partial charge in [0, 0.05) is 0 Å². The van der Waals surface area contributed by atoms with Gasteiger partial charge in [-0.25, -0.2) is 0 Å². The summed E-state index contributed by atoms with van der Waals surface area (Å²) in [5.41, 5.74) is -0.00326. The number of ether oxygens (including phenoxy) is 1. The highest BCUT2D eigenvalue weighted by Crippen LogP contribution is 2.36. The lowest BCUT2D eigenvalue weighted by molar-refractivity contribution is -0.139. The van der Waals surface area contributed by atoms with Gasteiger partial charge < -0.3 is 4.74 Å². The average molecular weight is 277 g/mol. The first-order chi connectivity index (χ1) is 9.50. The largest absolute Gasteiger partial charge is 0.488 e. The van der Waals surface area contributed by atoms with Crippen molar-refractivity contribution >= 4 is 0 Å². The van der Waals surface area contributed by atoms with Crippen molar-refractivity contribution in [1.29, 1.82) is 5.26 Å². The maximum absolute atomic E-state index is 12.8. The Kier molecular flexibility index (Phi) is 3.94. The van der Waals surface area contributed by atoms with Crippen LogP contribution in [-0.2, 0) is 12.8 Å². The number of halogens is 3. The van der Waals surface area contributed by atoms with Gasteiger partial charge in [0.05, 0.1) is 17.2 Å². The predicted molar refractivity (Wildman–Crippen MR) is 66.9 cm³/mol. The number of alkyl halides is 3. The van der Waals surface area contributed by atoms with E-state index in [0.29, 0.717) is 0 Å². The molecule has 2 rings (SSSR count). The summed E-state index contributed by atoms with van der Waals surface area (Å²) in [5.74, 6) is -0.333. The minimum Gasteiger partial charge on any atom is -0.488 e. The zero-order chi connectivity index (χ0) is 14.6. The van der Waals surface area contributed by atoms with E-state index < -0.39 is 11.7 Å². The number of benzene rings is 2. The maximum atomic E-state index is 12.8. The van der Waals surface area contributed by atoms with Crippen molar-refractivity contribution in [2.75, 3.05) is 0 Å². The quantitative estimate of drug-likeness (QED) is 0.844. The van der Waals surface area contributed by atoms with Crippen LogP contribution in [0.1, 0.15) is 16.7 Å². The molecule has 0 unspecified atom stereocenters. The zero-order valence-corrected chi connectivity index (χ0v) is 10.3. The van der Waals surface area contributed by atoms with Crippen LogP contribution in [0.2, 0.25) is 0 Å². The molecule has 5 heteroatoms. The molecule has 2 nitrogen and oxygen atoms in total. The summed E-state index contributed by atoms with van der Waals surface area (Å²) in [5, 5.41) is 8.75. The van der Waals surface area contributed by atoms with Gasteiger partial charge in [0.2, 0.25) is 0 Å². The van der Waals surface area contributed by atoms with E-state index in [-0.39, 0.29) is 17.9 Å². The van der Waals surface area contributed by atoms with Crippen LogP contribution in [0.15, 0.2) is 48.5 Å². The summed E-state index contributed by atoms with van der Waals surface area (Å²) in [4.78, 5) is 0. The summed E-state index contributed by atoms with van der Waals surface area (Å²) in [6.45, 7) is 0.0127. The summed E-state index contributed by atoms with van der Waals surface area (Å²) in [7, 11) is 0. The predicted octanol–water partition coefficient (Wildman–Crippen LogP) is 4.16. The molecule has 0 aliphatic rings. The lowest BCUT2D eigenvalue weighted by Gasteiger charge is -2.14. The van der Waals surface area contributed by atoms with Crippen molar-refractivity contribution < 1.29 is 17.9 Å². The fraction of sp³-hybridized carbons (Fsp3) is 0.133. The Labute approximate surface area is 114 Å². The van der Waals surface area contributed by atoms with Crippen molar-refractivity contribution in [1.82, 2.24) is 0 Å². The van der Waals surface area contributed by atoms with Gasteiger partial charge in [-0.3, -0.25) is 0 Å². The minimum atomic E-state index is -4.51. The molecule has 0 N–H and O–H groups in total. The van der Waals surface area contributed by atoms with Gasteiger partial charge in [-0.15, -0.1) is 0 Å². The minimum absolute atomic E-state index is 0.0127. The Balaban J connectivity index is 2.27. The highest BCUT2D eigenvalue weighted by molar-refractivity contribution is 5.44. The first-order valence-electron chi connectivity index (χ1n) is 5.79. The lowest BCUT2D eigenvalue weighted by Crippen LogP contribution is -2.09. The molecule has 2 aromatic carbocycles. The fourth-order valence-electron chi connectivity index (χ4n) is 1.68. The SMILES string of the molecule is N#Cc1ccc(C(F)(F)F)c(OCc2ccccc2)c1. The molecule has 0 bridgehead atoms. The van der Waals surface area contributed by atoms with Crippen molar-refractivity contribution in [2.45, 2.75) is 12.8 Å². The number of nitrogens with zero attached hydrogens (tertiary/aromatic N) is 1. The van der Waals surface area contributed by atoms with E-state index in [1.807, 2.05) is 0 Å². The Hall–Kier alpha value is -2.48. The summed E-state index contributed by atoms with van der Waals surface area (Å²) in [6.07, 6.45) is -4.51. The van der Waals surface area contributed by atoms with Crippen LogP contribution in [0, 0.1) is 11.3 Å². The fourth-order valence-corrected chi connectivity index (χ4v) is 1.68. The number of hydrogen-bond acceptors (Lipinski definition) is 2. The smallest absolute Gasteiger partial charge is 0.419 e. The molecule has 0 atom stereocenters. The highest BCUT2D eigenvalue weighted by atomic mass is 19.4. The second kappa shape index (κ2) is 5.66. The molecule has 0 aromatic heterocycles. The van der Waals surface area contributed by atoms with E-state index in [1.54, 1.807) is 36.4 Å². The number of rotatable bonds is 3. The van der Waals surface area contributed by atoms with Crippen molar-refractivity contribution in [2.24, 2.45) is 0 Å². The molecule has 0 spiro atoms. The topological polar surface area (TPSA) is 33.0 Å². The molecule has 102 valence electrons. The Bertz CT molecular complexity index is 630. The third-order valence-corrected chi connectivity index (χ3v) is 2.65. The van der Waals surface area contributed by atoms with Crippen LogP contribution in [0.25, 0.3) is 0 Å². The number of hydrogen-bond donors (Lipinski definition) is 0. The van der Waals surface area contributed by atoms with Crippen molar-refractivity contribution in [3.8, 4) is 11.8 Å². The van der Waals surface area contributed by atoms with Crippen LogP contribution in [0.4, 0.5) is 13.2 Å². The van der Waals surface area contributed by atoms with Gasteiger partial charge in [-0.2, -0.15) is 18.4 Å². The van der Waals surface area contributed by atoms with Crippen LogP contribution in [0.5, 0.6) is 5.75 Å². The van der Waals surface area contributed by atoms with Crippen molar-refractivity contribution in [3.05, 3.63) is 65.2 Å². The van der Waals surface area contributed by atoms with E-state index >= 15 is 0 Å². The summed E-state index contributed by atoms with van der Waals surface area (Å²) < 4.78 is 43.8. The Morgan fingerprint density at radius 1 is 1.05 bits per heavy atom. The van der Waals surface area contributed by atoms with Crippen LogP contribution < -0.4 is 4.74 Å². The monoisotopic (exact) mass is 277 g/mol. The molecule has 0 aliphatic heterocycles. The molecule has 0 fully saturated rings. The highest BCUT2D eigenvalue weighted by Gasteiger charge is 2.34. The second-order valence-electron chi connectivity index (χ2n) is 4.09. The van der Waals surface area contributed by atoms with E-state index in [2.05, 4.69) is 0 Å². The zero-order valence-electron chi connectivity index (χ0n) is 10.3. The van der Waals surface area contributed by atoms with E-state index in [9.17, 15) is 13.2 Å². The van der Waals surface area contributed by atoms with Gasteiger partial charge >= 0.3 is 6.18 Å². The lowest BCUT2D eigenvalue weighted by atomic mass is 10.1. The van der Waals surface area contributed by atoms with Gasteiger partial charge in [0.25, 0.3) is 0 Å². The standard InChI is InChI=1S/C15H10F3NO/c16-15(17,18)13-7-6-12(9-19)8-14(13)20-10-11-4-2-1-3-5-11/h1-8H,10H2. The van der Waals surface area contributed by atoms with E-state index in [1.165, 1.54) is 0 Å². The molecular weight excluding hydrogens is 267 g/mol. The average Bonchev–Trinajstić information content (AvgIpc) is 2.45. The van der Waals surface area contributed by atoms with Gasteiger partial charge in [-0.05, 0) is 23.8 Å². The van der Waals surface area contributed by atoms with Crippen LogP contribution in [0.3, 0.4) is 0 Å². The second-order valence-corrected chi connectivity index (χ2v) is 4.09. The molecule has 20 heavy (non-hydrogen) atoms. The third-order valence-electron chi connectivity index (χ3n) is 2.65. The normalized spacial score (nSPS) is 10.9. The van der Waals surface area contributed by atoms with Crippen molar-refractivity contribution in [3.63, 3.8) is 0 Å². The number of nitriles is 1. The van der Waals surface area contributed by atoms with Crippen LogP contribution >= 0.6 is 0 Å². The Morgan fingerprint density at radius 2 is 1.75 bits per heavy atom. The molecule has 0 heterocycles. The molecule has 0 saturated heterocycles. The molecule has 2 aromatic rings. The molecule has 0 radical (unpaired) electrons.